The van der Waals surface area contributed by atoms with Gasteiger partial charge in [-0.2, -0.15) is 0 Å². The number of hydrogen-bond acceptors (Lipinski definition) is 4. The number of hydrogen-bond donors (Lipinski definition) is 0. The third kappa shape index (κ3) is 3.03. The van der Waals surface area contributed by atoms with Crippen LogP contribution < -0.4 is 4.74 Å². The van der Waals surface area contributed by atoms with E-state index in [1.54, 1.807) is 0 Å². The van der Waals surface area contributed by atoms with Crippen molar-refractivity contribution in [1.82, 2.24) is 10.2 Å². The highest BCUT2D eigenvalue weighted by Crippen LogP contribution is 2.27. The van der Waals surface area contributed by atoms with Crippen LogP contribution in [-0.2, 0) is 0 Å². The minimum Gasteiger partial charge on any atom is -0.457 e. The summed E-state index contributed by atoms with van der Waals surface area (Å²) < 4.78 is 11.5. The molecule has 0 fully saturated rings. The van der Waals surface area contributed by atoms with Gasteiger partial charge in [0.1, 0.15) is 11.5 Å². The van der Waals surface area contributed by atoms with Crippen molar-refractivity contribution in [3.8, 4) is 34.4 Å². The van der Waals surface area contributed by atoms with Crippen LogP contribution in [0.15, 0.2) is 89.3 Å². The lowest BCUT2D eigenvalue weighted by atomic mass is 10.2. The maximum atomic E-state index is 5.78. The van der Waals surface area contributed by atoms with E-state index in [1.165, 1.54) is 0 Å². The number of aromatic nitrogens is 2. The van der Waals surface area contributed by atoms with Gasteiger partial charge in [0, 0.05) is 11.1 Å². The molecule has 0 atom stereocenters. The molecule has 0 amide bonds. The van der Waals surface area contributed by atoms with Crippen molar-refractivity contribution in [3.63, 3.8) is 0 Å². The molecule has 0 aliphatic rings. The average Bonchev–Trinajstić information content (AvgIpc) is 3.14. The van der Waals surface area contributed by atoms with Crippen molar-refractivity contribution < 1.29 is 9.15 Å². The predicted molar refractivity (Wildman–Crippen MR) is 91.7 cm³/mol. The Morgan fingerprint density at radius 2 is 1.04 bits per heavy atom. The van der Waals surface area contributed by atoms with E-state index in [-0.39, 0.29) is 0 Å². The average molecular weight is 314 g/mol. The van der Waals surface area contributed by atoms with Crippen LogP contribution in [0.3, 0.4) is 0 Å². The molecule has 116 valence electrons. The zero-order chi connectivity index (χ0) is 16.2. The first kappa shape index (κ1) is 14.2. The second-order valence-corrected chi connectivity index (χ2v) is 5.22. The van der Waals surface area contributed by atoms with E-state index < -0.39 is 0 Å². The Hall–Kier alpha value is -3.40. The zero-order valence-corrected chi connectivity index (χ0v) is 12.8. The molecule has 0 saturated carbocycles. The Morgan fingerprint density at radius 1 is 0.542 bits per heavy atom. The van der Waals surface area contributed by atoms with Crippen LogP contribution in [-0.4, -0.2) is 10.2 Å². The highest BCUT2D eigenvalue weighted by Gasteiger charge is 2.10. The fourth-order valence-corrected chi connectivity index (χ4v) is 2.33. The topological polar surface area (TPSA) is 48.2 Å². The van der Waals surface area contributed by atoms with Gasteiger partial charge in [-0.1, -0.05) is 36.4 Å². The third-order valence-corrected chi connectivity index (χ3v) is 3.53. The second kappa shape index (κ2) is 6.38. The number of para-hydroxylation sites is 1. The molecule has 3 aromatic carbocycles. The molecule has 1 heterocycles. The molecule has 0 aliphatic carbocycles. The minimum absolute atomic E-state index is 0.486. The third-order valence-electron chi connectivity index (χ3n) is 3.53. The number of rotatable bonds is 4. The molecule has 0 radical (unpaired) electrons. The summed E-state index contributed by atoms with van der Waals surface area (Å²) in [6.07, 6.45) is 0. The van der Waals surface area contributed by atoms with Crippen molar-refractivity contribution in [2.75, 3.05) is 0 Å². The SMILES string of the molecule is c1ccc(Oc2ccc(-c3nnc(-c4ccccc4)o3)cc2)cc1. The molecule has 24 heavy (non-hydrogen) atoms. The smallest absolute Gasteiger partial charge is 0.248 e. The van der Waals surface area contributed by atoms with Crippen LogP contribution >= 0.6 is 0 Å². The lowest BCUT2D eigenvalue weighted by Crippen LogP contribution is -1.84. The first-order chi connectivity index (χ1) is 11.9. The maximum Gasteiger partial charge on any atom is 0.248 e. The van der Waals surface area contributed by atoms with Crippen LogP contribution in [0.4, 0.5) is 0 Å². The number of ether oxygens (including phenoxy) is 1. The largest absolute Gasteiger partial charge is 0.457 e. The van der Waals surface area contributed by atoms with Gasteiger partial charge in [-0.15, -0.1) is 10.2 Å². The zero-order valence-electron chi connectivity index (χ0n) is 12.8. The first-order valence-electron chi connectivity index (χ1n) is 7.61. The van der Waals surface area contributed by atoms with Gasteiger partial charge in [0.15, 0.2) is 0 Å². The number of nitrogens with zero attached hydrogens (tertiary/aromatic N) is 2. The normalized spacial score (nSPS) is 10.5. The first-order valence-corrected chi connectivity index (χ1v) is 7.61. The molecule has 4 aromatic rings. The monoisotopic (exact) mass is 314 g/mol. The van der Waals surface area contributed by atoms with E-state index in [1.807, 2.05) is 84.9 Å². The lowest BCUT2D eigenvalue weighted by Gasteiger charge is -2.05. The summed E-state index contributed by atoms with van der Waals surface area (Å²) in [5, 5.41) is 8.22. The lowest BCUT2D eigenvalue weighted by molar-refractivity contribution is 0.482. The van der Waals surface area contributed by atoms with Crippen molar-refractivity contribution in [2.45, 2.75) is 0 Å². The Labute approximate surface area is 139 Å². The Morgan fingerprint density at radius 3 is 1.67 bits per heavy atom. The molecule has 1 aromatic heterocycles. The maximum absolute atomic E-state index is 5.78. The van der Waals surface area contributed by atoms with Gasteiger partial charge in [0.05, 0.1) is 0 Å². The van der Waals surface area contributed by atoms with Crippen LogP contribution in [0.25, 0.3) is 22.9 Å². The molecule has 4 rings (SSSR count). The summed E-state index contributed by atoms with van der Waals surface area (Å²) in [4.78, 5) is 0. The highest BCUT2D eigenvalue weighted by molar-refractivity contribution is 5.58. The molecular formula is C20H14N2O2. The Kier molecular flexibility index (Phi) is 3.78. The van der Waals surface area contributed by atoms with Crippen LogP contribution in [0.2, 0.25) is 0 Å². The summed E-state index contributed by atoms with van der Waals surface area (Å²) in [6.45, 7) is 0. The molecule has 4 nitrogen and oxygen atoms in total. The van der Waals surface area contributed by atoms with E-state index in [2.05, 4.69) is 10.2 Å². The van der Waals surface area contributed by atoms with Gasteiger partial charge in [0.2, 0.25) is 11.8 Å². The molecular weight excluding hydrogens is 300 g/mol. The van der Waals surface area contributed by atoms with E-state index in [0.29, 0.717) is 11.8 Å². The highest BCUT2D eigenvalue weighted by atomic mass is 16.5. The molecule has 0 unspecified atom stereocenters. The quantitative estimate of drug-likeness (QED) is 0.519. The van der Waals surface area contributed by atoms with Crippen molar-refractivity contribution in [3.05, 3.63) is 84.9 Å². The summed E-state index contributed by atoms with van der Waals surface area (Å²) in [5.41, 5.74) is 1.75. The van der Waals surface area contributed by atoms with Crippen molar-refractivity contribution >= 4 is 0 Å². The van der Waals surface area contributed by atoms with E-state index in [4.69, 9.17) is 9.15 Å². The fraction of sp³-hybridized carbons (Fsp3) is 0. The van der Waals surface area contributed by atoms with Crippen molar-refractivity contribution in [1.29, 1.82) is 0 Å². The van der Waals surface area contributed by atoms with Crippen molar-refractivity contribution in [2.24, 2.45) is 0 Å². The summed E-state index contributed by atoms with van der Waals surface area (Å²) in [6, 6.07) is 26.9. The van der Waals surface area contributed by atoms with Gasteiger partial charge >= 0.3 is 0 Å². The van der Waals surface area contributed by atoms with Crippen LogP contribution in [0, 0.1) is 0 Å². The molecule has 0 saturated heterocycles. The Balaban J connectivity index is 1.54. The van der Waals surface area contributed by atoms with Gasteiger partial charge < -0.3 is 9.15 Å². The van der Waals surface area contributed by atoms with Crippen LogP contribution in [0.1, 0.15) is 0 Å². The molecule has 0 bridgehead atoms. The minimum atomic E-state index is 0.486. The van der Waals surface area contributed by atoms with Gasteiger partial charge in [-0.05, 0) is 48.5 Å². The summed E-state index contributed by atoms with van der Waals surface area (Å²) in [5.74, 6) is 2.55. The van der Waals surface area contributed by atoms with Gasteiger partial charge in [0.25, 0.3) is 0 Å². The van der Waals surface area contributed by atoms with E-state index >= 15 is 0 Å². The van der Waals surface area contributed by atoms with Gasteiger partial charge in [-0.3, -0.25) is 0 Å². The second-order valence-electron chi connectivity index (χ2n) is 5.22. The van der Waals surface area contributed by atoms with E-state index in [9.17, 15) is 0 Å². The predicted octanol–water partition coefficient (Wildman–Crippen LogP) is 5.20. The summed E-state index contributed by atoms with van der Waals surface area (Å²) >= 11 is 0. The molecule has 0 N–H and O–H groups in total. The Bertz CT molecular complexity index is 917. The number of benzene rings is 3. The molecule has 0 spiro atoms. The van der Waals surface area contributed by atoms with Crippen LogP contribution in [0.5, 0.6) is 11.5 Å². The standard InChI is InChI=1S/C20H14N2O2/c1-3-7-15(8-4-1)19-21-22-20(24-19)16-11-13-18(14-12-16)23-17-9-5-2-6-10-17/h1-14H. The summed E-state index contributed by atoms with van der Waals surface area (Å²) in [7, 11) is 0. The molecule has 0 aliphatic heterocycles. The van der Waals surface area contributed by atoms with Gasteiger partial charge in [-0.25, -0.2) is 0 Å². The molecule has 4 heteroatoms. The fourth-order valence-electron chi connectivity index (χ4n) is 2.33. The van der Waals surface area contributed by atoms with E-state index in [0.717, 1.165) is 22.6 Å².